The first kappa shape index (κ1) is 11.5. The van der Waals surface area contributed by atoms with Crippen LogP contribution in [0.1, 0.15) is 12.0 Å². The number of hydrogen-bond acceptors (Lipinski definition) is 2. The van der Waals surface area contributed by atoms with Gasteiger partial charge in [0, 0.05) is 13.1 Å². The molecule has 0 bridgehead atoms. The molecular weight excluding hydrogens is 198 g/mol. The number of benzene rings is 1. The van der Waals surface area contributed by atoms with Gasteiger partial charge in [0.15, 0.2) is 0 Å². The Morgan fingerprint density at radius 3 is 2.43 bits per heavy atom. The Hall–Kier alpha value is -0.570. The maximum Gasteiger partial charge on any atom is 0.103 e. The Bertz CT molecular complexity index is 291. The van der Waals surface area contributed by atoms with Crippen molar-refractivity contribution in [3.63, 3.8) is 0 Å². The van der Waals surface area contributed by atoms with E-state index in [1.807, 2.05) is 37.4 Å². The van der Waals surface area contributed by atoms with E-state index in [4.69, 9.17) is 0 Å². The van der Waals surface area contributed by atoms with Crippen molar-refractivity contribution in [2.75, 3.05) is 20.1 Å². The molecule has 3 heteroatoms. The maximum atomic E-state index is 10.3. The zero-order valence-corrected chi connectivity index (χ0v) is 9.13. The van der Waals surface area contributed by atoms with Crippen LogP contribution in [0.5, 0.6) is 0 Å². The molecule has 1 fully saturated rings. The van der Waals surface area contributed by atoms with E-state index in [9.17, 15) is 5.11 Å². The van der Waals surface area contributed by atoms with Crippen molar-refractivity contribution in [3.8, 4) is 0 Å². The van der Waals surface area contributed by atoms with Gasteiger partial charge in [-0.2, -0.15) is 0 Å². The number of β-amino-alcohol motifs (C(OH)–C–C–N with tert-alkyl or cyclic N) is 1. The predicted octanol–water partition coefficient (Wildman–Crippen LogP) is 1.63. The lowest BCUT2D eigenvalue weighted by atomic mass is 9.93. The third kappa shape index (κ3) is 2.08. The molecule has 14 heavy (non-hydrogen) atoms. The van der Waals surface area contributed by atoms with Crippen molar-refractivity contribution in [1.29, 1.82) is 0 Å². The summed E-state index contributed by atoms with van der Waals surface area (Å²) in [6.45, 7) is 1.72. The van der Waals surface area contributed by atoms with Crippen LogP contribution in [0, 0.1) is 0 Å². The summed E-state index contributed by atoms with van der Waals surface area (Å²) in [5.74, 6) is 0. The van der Waals surface area contributed by atoms with Crippen LogP contribution in [0.4, 0.5) is 0 Å². The topological polar surface area (TPSA) is 23.5 Å². The maximum absolute atomic E-state index is 10.3. The van der Waals surface area contributed by atoms with Gasteiger partial charge in [-0.3, -0.25) is 0 Å². The Morgan fingerprint density at radius 2 is 1.93 bits per heavy atom. The first-order valence-electron chi connectivity index (χ1n) is 4.67. The second-order valence-corrected chi connectivity index (χ2v) is 3.89. The smallest absolute Gasteiger partial charge is 0.103 e. The summed E-state index contributed by atoms with van der Waals surface area (Å²) in [5.41, 5.74) is 0.426. The zero-order valence-electron chi connectivity index (χ0n) is 8.31. The molecule has 0 aromatic heterocycles. The summed E-state index contributed by atoms with van der Waals surface area (Å²) in [6, 6.07) is 9.93. The van der Waals surface area contributed by atoms with E-state index in [0.717, 1.165) is 25.1 Å². The van der Waals surface area contributed by atoms with Gasteiger partial charge < -0.3 is 10.0 Å². The van der Waals surface area contributed by atoms with E-state index in [2.05, 4.69) is 4.90 Å². The van der Waals surface area contributed by atoms with Gasteiger partial charge in [-0.1, -0.05) is 30.3 Å². The fourth-order valence-corrected chi connectivity index (χ4v) is 1.96. The normalized spacial score (nSPS) is 27.3. The fraction of sp³-hybridized carbons (Fsp3) is 0.455. The summed E-state index contributed by atoms with van der Waals surface area (Å²) in [6.07, 6.45) is 0.841. The van der Waals surface area contributed by atoms with Crippen LogP contribution in [-0.2, 0) is 5.60 Å². The summed E-state index contributed by atoms with van der Waals surface area (Å²) in [5, 5.41) is 10.3. The SMILES string of the molecule is CN1CCC(O)(c2ccccc2)C1.Cl. The first-order valence-corrected chi connectivity index (χ1v) is 4.67. The summed E-state index contributed by atoms with van der Waals surface area (Å²) in [4.78, 5) is 2.16. The molecular formula is C11H16ClNO. The van der Waals surface area contributed by atoms with Gasteiger partial charge in [0.25, 0.3) is 0 Å². The molecule has 0 amide bonds. The van der Waals surface area contributed by atoms with Crippen molar-refractivity contribution < 1.29 is 5.11 Å². The standard InChI is InChI=1S/C11H15NO.ClH/c1-12-8-7-11(13,9-12)10-5-3-2-4-6-10;/h2-6,13H,7-9H2,1H3;1H. The molecule has 2 nitrogen and oxygen atoms in total. The van der Waals surface area contributed by atoms with Crippen molar-refractivity contribution in [1.82, 2.24) is 4.90 Å². The lowest BCUT2D eigenvalue weighted by Crippen LogP contribution is -2.28. The number of likely N-dealkylation sites (tertiary alicyclic amines) is 1. The zero-order chi connectivity index (χ0) is 9.31. The van der Waals surface area contributed by atoms with Crippen LogP contribution in [0.3, 0.4) is 0 Å². The average molecular weight is 214 g/mol. The quantitative estimate of drug-likeness (QED) is 0.767. The predicted molar refractivity (Wildman–Crippen MR) is 59.7 cm³/mol. The van der Waals surface area contributed by atoms with Crippen molar-refractivity contribution in [3.05, 3.63) is 35.9 Å². The van der Waals surface area contributed by atoms with Crippen LogP contribution in [0.2, 0.25) is 0 Å². The van der Waals surface area contributed by atoms with E-state index >= 15 is 0 Å². The van der Waals surface area contributed by atoms with Gasteiger partial charge in [0.05, 0.1) is 0 Å². The molecule has 1 aromatic rings. The van der Waals surface area contributed by atoms with Gasteiger partial charge >= 0.3 is 0 Å². The highest BCUT2D eigenvalue weighted by molar-refractivity contribution is 5.85. The first-order chi connectivity index (χ1) is 6.21. The minimum atomic E-state index is -0.615. The van der Waals surface area contributed by atoms with E-state index < -0.39 is 5.60 Å². The Morgan fingerprint density at radius 1 is 1.29 bits per heavy atom. The van der Waals surface area contributed by atoms with Gasteiger partial charge in [-0.05, 0) is 19.0 Å². The number of hydrogen-bond donors (Lipinski definition) is 1. The van der Waals surface area contributed by atoms with Crippen LogP contribution in [0.25, 0.3) is 0 Å². The molecule has 1 heterocycles. The van der Waals surface area contributed by atoms with Crippen molar-refractivity contribution in [2.24, 2.45) is 0 Å². The number of rotatable bonds is 1. The van der Waals surface area contributed by atoms with Crippen molar-refractivity contribution >= 4 is 12.4 Å². The molecule has 78 valence electrons. The largest absolute Gasteiger partial charge is 0.384 e. The van der Waals surface area contributed by atoms with Gasteiger partial charge in [0.1, 0.15) is 5.60 Å². The summed E-state index contributed by atoms with van der Waals surface area (Å²) < 4.78 is 0. The number of aliphatic hydroxyl groups is 1. The highest BCUT2D eigenvalue weighted by Crippen LogP contribution is 2.30. The molecule has 0 radical (unpaired) electrons. The highest BCUT2D eigenvalue weighted by atomic mass is 35.5. The van der Waals surface area contributed by atoms with E-state index in [1.54, 1.807) is 0 Å². The molecule has 2 rings (SSSR count). The third-order valence-corrected chi connectivity index (χ3v) is 2.75. The lowest BCUT2D eigenvalue weighted by molar-refractivity contribution is 0.0489. The number of halogens is 1. The Labute approximate surface area is 91.0 Å². The monoisotopic (exact) mass is 213 g/mol. The minimum Gasteiger partial charge on any atom is -0.384 e. The van der Waals surface area contributed by atoms with E-state index in [-0.39, 0.29) is 12.4 Å². The van der Waals surface area contributed by atoms with Crippen LogP contribution in [-0.4, -0.2) is 30.1 Å². The van der Waals surface area contributed by atoms with Gasteiger partial charge in [-0.15, -0.1) is 12.4 Å². The fourth-order valence-electron chi connectivity index (χ4n) is 1.96. The summed E-state index contributed by atoms with van der Waals surface area (Å²) in [7, 11) is 2.04. The molecule has 1 aromatic carbocycles. The van der Waals surface area contributed by atoms with Gasteiger partial charge in [0.2, 0.25) is 0 Å². The lowest BCUT2D eigenvalue weighted by Gasteiger charge is -2.22. The van der Waals surface area contributed by atoms with E-state index in [0.29, 0.717) is 0 Å². The Kier molecular flexibility index (Phi) is 3.53. The molecule has 0 spiro atoms. The molecule has 0 saturated carbocycles. The molecule has 0 aliphatic carbocycles. The number of likely N-dealkylation sites (N-methyl/N-ethyl adjacent to an activating group) is 1. The molecule has 1 atom stereocenters. The number of nitrogens with zero attached hydrogens (tertiary/aromatic N) is 1. The molecule has 1 N–H and O–H groups in total. The molecule has 1 unspecified atom stereocenters. The minimum absolute atomic E-state index is 0. The second kappa shape index (κ2) is 4.30. The molecule has 1 aliphatic heterocycles. The van der Waals surface area contributed by atoms with Crippen LogP contribution >= 0.6 is 12.4 Å². The van der Waals surface area contributed by atoms with E-state index in [1.165, 1.54) is 0 Å². The summed E-state index contributed by atoms with van der Waals surface area (Å²) >= 11 is 0. The molecule has 1 saturated heterocycles. The van der Waals surface area contributed by atoms with Gasteiger partial charge in [-0.25, -0.2) is 0 Å². The highest BCUT2D eigenvalue weighted by Gasteiger charge is 2.35. The van der Waals surface area contributed by atoms with Crippen LogP contribution < -0.4 is 0 Å². The Balaban J connectivity index is 0.000000980. The molecule has 1 aliphatic rings. The average Bonchev–Trinajstić information content (AvgIpc) is 2.49. The van der Waals surface area contributed by atoms with Crippen LogP contribution in [0.15, 0.2) is 30.3 Å². The van der Waals surface area contributed by atoms with Crippen molar-refractivity contribution in [2.45, 2.75) is 12.0 Å². The third-order valence-electron chi connectivity index (χ3n) is 2.75. The second-order valence-electron chi connectivity index (χ2n) is 3.89.